The van der Waals surface area contributed by atoms with Gasteiger partial charge in [-0.1, -0.05) is 30.3 Å². The molecule has 0 fully saturated rings. The number of anilines is 1. The number of para-hydroxylation sites is 3. The second kappa shape index (κ2) is 4.86. The number of nitrogens with one attached hydrogen (secondary N) is 1. The van der Waals surface area contributed by atoms with Crippen LogP contribution in [0.3, 0.4) is 0 Å². The van der Waals surface area contributed by atoms with Gasteiger partial charge >= 0.3 is 0 Å². The van der Waals surface area contributed by atoms with E-state index >= 15 is 0 Å². The van der Waals surface area contributed by atoms with Gasteiger partial charge in [0, 0.05) is 11.1 Å². The van der Waals surface area contributed by atoms with Crippen LogP contribution in [0.2, 0.25) is 0 Å². The van der Waals surface area contributed by atoms with Crippen molar-refractivity contribution >= 4 is 29.0 Å². The highest BCUT2D eigenvalue weighted by Gasteiger charge is 2.28. The van der Waals surface area contributed by atoms with Crippen molar-refractivity contribution in [1.82, 2.24) is 9.55 Å². The summed E-state index contributed by atoms with van der Waals surface area (Å²) in [6, 6.07) is 16.0. The molecule has 0 spiro atoms. The molecule has 0 bridgehead atoms. The van der Waals surface area contributed by atoms with E-state index < -0.39 is 0 Å². The molecule has 5 rings (SSSR count). The van der Waals surface area contributed by atoms with Crippen molar-refractivity contribution in [2.24, 2.45) is 10.7 Å². The Morgan fingerprint density at radius 1 is 1.12 bits per heavy atom. The Bertz CT molecular complexity index is 1020. The van der Waals surface area contributed by atoms with Gasteiger partial charge < -0.3 is 10.5 Å². The van der Waals surface area contributed by atoms with Gasteiger partial charge in [0.05, 0.1) is 11.0 Å². The lowest BCUT2D eigenvalue weighted by molar-refractivity contribution is 0.330. The van der Waals surface area contributed by atoms with Gasteiger partial charge in [-0.05, 0) is 24.3 Å². The third-order valence-electron chi connectivity index (χ3n) is 4.33. The number of rotatable bonds is 1. The SMILES string of the molecule is NC1=N[C@@H](C2=Cc3ccccc3OC2)n2c(nc3ccccc32)N1. The van der Waals surface area contributed by atoms with Gasteiger partial charge in [-0.2, -0.15) is 0 Å². The quantitative estimate of drug-likeness (QED) is 0.723. The van der Waals surface area contributed by atoms with E-state index in [0.717, 1.165) is 27.9 Å². The average Bonchev–Trinajstić information content (AvgIpc) is 2.98. The molecular weight excluding hydrogens is 302 g/mol. The molecule has 2 aliphatic rings. The van der Waals surface area contributed by atoms with Gasteiger partial charge in [-0.3, -0.25) is 9.88 Å². The lowest BCUT2D eigenvalue weighted by Crippen LogP contribution is -2.32. The van der Waals surface area contributed by atoms with E-state index in [9.17, 15) is 0 Å². The zero-order chi connectivity index (χ0) is 16.1. The third-order valence-corrected chi connectivity index (χ3v) is 4.33. The van der Waals surface area contributed by atoms with E-state index in [-0.39, 0.29) is 6.17 Å². The lowest BCUT2D eigenvalue weighted by Gasteiger charge is -2.28. The molecule has 6 heteroatoms. The normalized spacial score (nSPS) is 18.8. The Morgan fingerprint density at radius 2 is 1.96 bits per heavy atom. The van der Waals surface area contributed by atoms with Gasteiger partial charge in [0.15, 0.2) is 12.1 Å². The number of guanidine groups is 1. The molecular formula is C18H15N5O. The molecule has 24 heavy (non-hydrogen) atoms. The molecule has 0 amide bonds. The number of imidazole rings is 1. The van der Waals surface area contributed by atoms with Crippen LogP contribution in [0.15, 0.2) is 59.1 Å². The topological polar surface area (TPSA) is 77.5 Å². The van der Waals surface area contributed by atoms with Crippen LogP contribution in [0.5, 0.6) is 5.75 Å². The van der Waals surface area contributed by atoms with Crippen LogP contribution in [0.1, 0.15) is 11.7 Å². The summed E-state index contributed by atoms with van der Waals surface area (Å²) in [5.41, 5.74) is 10.0. The minimum Gasteiger partial charge on any atom is -0.488 e. The molecule has 3 aromatic rings. The summed E-state index contributed by atoms with van der Waals surface area (Å²) in [7, 11) is 0. The predicted molar refractivity (Wildman–Crippen MR) is 93.9 cm³/mol. The molecule has 0 saturated carbocycles. The Morgan fingerprint density at radius 3 is 2.92 bits per heavy atom. The van der Waals surface area contributed by atoms with Gasteiger partial charge in [-0.25, -0.2) is 9.98 Å². The molecule has 6 nitrogen and oxygen atoms in total. The maximum Gasteiger partial charge on any atom is 0.212 e. The summed E-state index contributed by atoms with van der Waals surface area (Å²) in [5, 5.41) is 3.05. The van der Waals surface area contributed by atoms with Gasteiger partial charge in [0.1, 0.15) is 12.4 Å². The van der Waals surface area contributed by atoms with Crippen molar-refractivity contribution in [2.75, 3.05) is 11.9 Å². The smallest absolute Gasteiger partial charge is 0.212 e. The fourth-order valence-corrected chi connectivity index (χ4v) is 3.25. The molecule has 1 aromatic heterocycles. The van der Waals surface area contributed by atoms with E-state index in [1.807, 2.05) is 48.5 Å². The highest BCUT2D eigenvalue weighted by atomic mass is 16.5. The second-order valence-electron chi connectivity index (χ2n) is 5.85. The average molecular weight is 317 g/mol. The highest BCUT2D eigenvalue weighted by molar-refractivity contribution is 5.94. The first kappa shape index (κ1) is 13.2. The summed E-state index contributed by atoms with van der Waals surface area (Å²) in [5.74, 6) is 1.96. The third kappa shape index (κ3) is 1.89. The fourth-order valence-electron chi connectivity index (χ4n) is 3.25. The zero-order valence-electron chi connectivity index (χ0n) is 12.8. The van der Waals surface area contributed by atoms with E-state index in [4.69, 9.17) is 10.5 Å². The zero-order valence-corrected chi connectivity index (χ0v) is 12.8. The summed E-state index contributed by atoms with van der Waals surface area (Å²) >= 11 is 0. The van der Waals surface area contributed by atoms with E-state index in [1.54, 1.807) is 0 Å². The van der Waals surface area contributed by atoms with E-state index in [2.05, 4.69) is 25.9 Å². The number of hydrogen-bond donors (Lipinski definition) is 2. The lowest BCUT2D eigenvalue weighted by atomic mass is 10.1. The van der Waals surface area contributed by atoms with Crippen LogP contribution >= 0.6 is 0 Å². The Balaban J connectivity index is 1.69. The molecule has 0 saturated heterocycles. The Hall–Kier alpha value is -3.28. The summed E-state index contributed by atoms with van der Waals surface area (Å²) < 4.78 is 7.96. The number of fused-ring (bicyclic) bond motifs is 4. The molecule has 2 aliphatic heterocycles. The van der Waals surface area contributed by atoms with Crippen molar-refractivity contribution in [2.45, 2.75) is 6.17 Å². The van der Waals surface area contributed by atoms with Crippen LogP contribution in [0, 0.1) is 0 Å². The van der Waals surface area contributed by atoms with Gasteiger partial charge in [0.2, 0.25) is 5.95 Å². The van der Waals surface area contributed by atoms with Crippen molar-refractivity contribution in [3.05, 3.63) is 59.7 Å². The van der Waals surface area contributed by atoms with Crippen molar-refractivity contribution in [3.8, 4) is 5.75 Å². The highest BCUT2D eigenvalue weighted by Crippen LogP contribution is 2.36. The molecule has 3 N–H and O–H groups in total. The first-order valence-electron chi connectivity index (χ1n) is 7.79. The number of hydrogen-bond acceptors (Lipinski definition) is 5. The number of aromatic nitrogens is 2. The summed E-state index contributed by atoms with van der Waals surface area (Å²) in [4.78, 5) is 9.22. The van der Waals surface area contributed by atoms with Gasteiger partial charge in [-0.15, -0.1) is 0 Å². The maximum atomic E-state index is 5.98. The molecule has 3 heterocycles. The molecule has 118 valence electrons. The number of ether oxygens (including phenoxy) is 1. The maximum absolute atomic E-state index is 5.98. The number of nitrogens with two attached hydrogens (primary N) is 1. The Kier molecular flexibility index (Phi) is 2.67. The molecule has 0 unspecified atom stereocenters. The molecule has 0 radical (unpaired) electrons. The molecule has 0 aliphatic carbocycles. The van der Waals surface area contributed by atoms with Crippen LogP contribution in [-0.2, 0) is 0 Å². The summed E-state index contributed by atoms with van der Waals surface area (Å²) in [6.45, 7) is 0.477. The minimum atomic E-state index is -0.262. The van der Waals surface area contributed by atoms with Crippen molar-refractivity contribution in [1.29, 1.82) is 0 Å². The number of nitrogens with zero attached hydrogens (tertiary/aromatic N) is 3. The van der Waals surface area contributed by atoms with E-state index in [1.165, 1.54) is 0 Å². The Labute approximate surface area is 138 Å². The summed E-state index contributed by atoms with van der Waals surface area (Å²) in [6.07, 6.45) is 1.87. The molecule has 2 aromatic carbocycles. The van der Waals surface area contributed by atoms with Crippen LogP contribution in [0.4, 0.5) is 5.95 Å². The van der Waals surface area contributed by atoms with Crippen LogP contribution < -0.4 is 15.8 Å². The first-order valence-corrected chi connectivity index (χ1v) is 7.79. The largest absolute Gasteiger partial charge is 0.488 e. The second-order valence-corrected chi connectivity index (χ2v) is 5.85. The molecule has 1 atom stereocenters. The standard InChI is InChI=1S/C18H15N5O/c19-17-21-16(12-9-11-5-1-4-8-15(11)24-10-12)23-14-7-3-2-6-13(14)20-18(23)22-17/h1-9,16H,10H2,(H3,19,20,21,22)/t16-/m1/s1. The van der Waals surface area contributed by atoms with Gasteiger partial charge in [0.25, 0.3) is 0 Å². The van der Waals surface area contributed by atoms with Crippen molar-refractivity contribution < 1.29 is 4.74 Å². The van der Waals surface area contributed by atoms with Crippen LogP contribution in [0.25, 0.3) is 17.1 Å². The fraction of sp³-hybridized carbons (Fsp3) is 0.111. The van der Waals surface area contributed by atoms with Crippen molar-refractivity contribution in [3.63, 3.8) is 0 Å². The number of benzene rings is 2. The minimum absolute atomic E-state index is 0.262. The monoisotopic (exact) mass is 317 g/mol. The number of aliphatic imine (C=N–C) groups is 1. The van der Waals surface area contributed by atoms with E-state index in [0.29, 0.717) is 18.5 Å². The first-order chi connectivity index (χ1) is 11.8. The predicted octanol–water partition coefficient (Wildman–Crippen LogP) is 2.75. The van der Waals surface area contributed by atoms with Crippen LogP contribution in [-0.4, -0.2) is 22.1 Å².